The van der Waals surface area contributed by atoms with Gasteiger partial charge in [-0.3, -0.25) is 19.6 Å². The van der Waals surface area contributed by atoms with Crippen molar-refractivity contribution in [2.45, 2.75) is 63.8 Å². The number of hydroxylamine groups is 1. The molecule has 1 aliphatic carbocycles. The fourth-order valence-corrected chi connectivity index (χ4v) is 5.72. The number of rotatable bonds is 12. The molecule has 3 aromatic carbocycles. The van der Waals surface area contributed by atoms with E-state index in [4.69, 9.17) is 9.94 Å². The zero-order valence-corrected chi connectivity index (χ0v) is 27.7. The van der Waals surface area contributed by atoms with Gasteiger partial charge in [0.15, 0.2) is 0 Å². The first-order valence-electron chi connectivity index (χ1n) is 16.0. The van der Waals surface area contributed by atoms with Crippen molar-refractivity contribution in [1.82, 2.24) is 10.8 Å². The van der Waals surface area contributed by atoms with Crippen molar-refractivity contribution < 1.29 is 38.7 Å². The average Bonchev–Trinajstić information content (AvgIpc) is 3.14. The van der Waals surface area contributed by atoms with Crippen molar-refractivity contribution in [1.29, 1.82) is 0 Å². The number of hydrogen-bond acceptors (Lipinski definition) is 8. The third kappa shape index (κ3) is 11.0. The van der Waals surface area contributed by atoms with Gasteiger partial charge in [-0.15, -0.1) is 0 Å². The van der Waals surface area contributed by atoms with Crippen LogP contribution in [0.2, 0.25) is 0 Å². The van der Waals surface area contributed by atoms with Crippen molar-refractivity contribution in [3.63, 3.8) is 0 Å². The zero-order chi connectivity index (χ0) is 34.9. The van der Waals surface area contributed by atoms with E-state index in [1.807, 2.05) is 36.4 Å². The molecule has 4 rings (SSSR count). The smallest absolute Gasteiger partial charge is 0.337 e. The Morgan fingerprint density at radius 2 is 1.33 bits per heavy atom. The Hall–Kier alpha value is -5.03. The van der Waals surface area contributed by atoms with Gasteiger partial charge in [-0.2, -0.15) is 0 Å². The first-order valence-corrected chi connectivity index (χ1v) is 16.0. The normalized spacial score (nSPS) is 14.5. The van der Waals surface area contributed by atoms with Gasteiger partial charge >= 0.3 is 11.9 Å². The third-order valence-electron chi connectivity index (χ3n) is 8.59. The molecule has 0 heterocycles. The topological polar surface area (TPSA) is 160 Å². The minimum Gasteiger partial charge on any atom is -0.465 e. The summed E-state index contributed by atoms with van der Waals surface area (Å²) in [6, 6.07) is 24.9. The van der Waals surface area contributed by atoms with Crippen LogP contribution in [0, 0.1) is 11.8 Å². The summed E-state index contributed by atoms with van der Waals surface area (Å²) in [6.07, 6.45) is 5.31. The predicted octanol–water partition coefficient (Wildman–Crippen LogP) is 5.48. The minimum atomic E-state index is -1.22. The van der Waals surface area contributed by atoms with Crippen LogP contribution in [0.3, 0.4) is 0 Å². The highest BCUT2D eigenvalue weighted by Crippen LogP contribution is 2.34. The Labute approximate surface area is 281 Å². The number of anilines is 1. The average molecular weight is 660 g/mol. The SMILES string of the molecule is COC(=O)c1ccc(NC(=O)C(C)(NC(=O)C(CCc2ccccc2)CC(=O)NO)C2CCCCC2)cc1.COC(=O)c1ccccc1. The van der Waals surface area contributed by atoms with E-state index in [0.29, 0.717) is 29.7 Å². The minimum absolute atomic E-state index is 0.0871. The number of benzene rings is 3. The summed E-state index contributed by atoms with van der Waals surface area (Å²) in [5, 5.41) is 15.0. The largest absolute Gasteiger partial charge is 0.465 e. The van der Waals surface area contributed by atoms with Crippen molar-refractivity contribution in [3.05, 3.63) is 102 Å². The highest BCUT2D eigenvalue weighted by Gasteiger charge is 2.44. The number of amides is 3. The van der Waals surface area contributed by atoms with Crippen LogP contribution in [0.15, 0.2) is 84.9 Å². The molecule has 11 heteroatoms. The Kier molecular flexibility index (Phi) is 14.8. The number of nitrogens with one attached hydrogen (secondary N) is 3. The highest BCUT2D eigenvalue weighted by atomic mass is 16.5. The molecule has 0 saturated heterocycles. The number of methoxy groups -OCH3 is 2. The van der Waals surface area contributed by atoms with E-state index in [1.165, 1.54) is 14.2 Å². The molecular formula is C37H45N3O8. The summed E-state index contributed by atoms with van der Waals surface area (Å²) in [4.78, 5) is 61.8. The quantitative estimate of drug-likeness (QED) is 0.113. The number of carbonyl (C=O) groups excluding carboxylic acids is 5. The molecule has 4 N–H and O–H groups in total. The maximum atomic E-state index is 13.7. The van der Waals surface area contributed by atoms with Crippen molar-refractivity contribution in [2.24, 2.45) is 11.8 Å². The summed E-state index contributed by atoms with van der Waals surface area (Å²) >= 11 is 0. The van der Waals surface area contributed by atoms with Crippen LogP contribution in [-0.4, -0.2) is 54.6 Å². The molecule has 48 heavy (non-hydrogen) atoms. The number of aryl methyl sites for hydroxylation is 1. The van der Waals surface area contributed by atoms with Crippen LogP contribution in [0.4, 0.5) is 5.69 Å². The van der Waals surface area contributed by atoms with Gasteiger partial charge in [0.25, 0.3) is 0 Å². The molecule has 2 unspecified atom stereocenters. The summed E-state index contributed by atoms with van der Waals surface area (Å²) < 4.78 is 9.22. The van der Waals surface area contributed by atoms with Gasteiger partial charge < -0.3 is 20.1 Å². The van der Waals surface area contributed by atoms with Crippen molar-refractivity contribution in [3.8, 4) is 0 Å². The summed E-state index contributed by atoms with van der Waals surface area (Å²) in [7, 11) is 2.67. The third-order valence-corrected chi connectivity index (χ3v) is 8.59. The van der Waals surface area contributed by atoms with Gasteiger partial charge in [0.2, 0.25) is 17.7 Å². The number of hydrogen-bond donors (Lipinski definition) is 4. The van der Waals surface area contributed by atoms with Crippen LogP contribution < -0.4 is 16.1 Å². The molecule has 11 nitrogen and oxygen atoms in total. The maximum absolute atomic E-state index is 13.7. The fraction of sp³-hybridized carbons (Fsp3) is 0.378. The van der Waals surface area contributed by atoms with Gasteiger partial charge in [0, 0.05) is 18.0 Å². The lowest BCUT2D eigenvalue weighted by Gasteiger charge is -2.40. The van der Waals surface area contributed by atoms with E-state index in [2.05, 4.69) is 15.4 Å². The second kappa shape index (κ2) is 19.0. The van der Waals surface area contributed by atoms with E-state index in [0.717, 1.165) is 37.7 Å². The number of ether oxygens (including phenoxy) is 2. The Morgan fingerprint density at radius 3 is 1.88 bits per heavy atom. The monoisotopic (exact) mass is 659 g/mol. The van der Waals surface area contributed by atoms with Gasteiger partial charge in [0.05, 0.1) is 25.3 Å². The van der Waals surface area contributed by atoms with Crippen LogP contribution in [-0.2, 0) is 30.3 Å². The molecule has 1 saturated carbocycles. The van der Waals surface area contributed by atoms with E-state index < -0.39 is 29.2 Å². The molecule has 0 aromatic heterocycles. The summed E-state index contributed by atoms with van der Waals surface area (Å²) in [6.45, 7) is 1.74. The van der Waals surface area contributed by atoms with Gasteiger partial charge in [-0.05, 0) is 80.5 Å². The summed E-state index contributed by atoms with van der Waals surface area (Å²) in [5.74, 6) is -3.02. The maximum Gasteiger partial charge on any atom is 0.337 e. The lowest BCUT2D eigenvalue weighted by atomic mass is 9.74. The molecule has 2 atom stereocenters. The van der Waals surface area contributed by atoms with E-state index in [9.17, 15) is 24.0 Å². The fourth-order valence-electron chi connectivity index (χ4n) is 5.72. The second-order valence-electron chi connectivity index (χ2n) is 11.9. The van der Waals surface area contributed by atoms with E-state index >= 15 is 0 Å². The lowest BCUT2D eigenvalue weighted by molar-refractivity contribution is -0.138. The standard InChI is InChI=1S/C29H37N3O6.C8H8O2/c1-29(23-11-7-4-8-12-23,28(36)30-24-17-15-21(16-18-24)27(35)38-2)31-26(34)22(19-25(33)32-37)14-13-20-9-5-3-6-10-20;1-10-8(9)7-5-3-2-4-6-7/h3,5-6,9-10,15-18,22-23,37H,4,7-8,11-14,19H2,1-2H3,(H,30,36)(H,31,34)(H,32,33);2-6H,1H3. The molecule has 0 spiro atoms. The second-order valence-corrected chi connectivity index (χ2v) is 11.9. The lowest BCUT2D eigenvalue weighted by Crippen LogP contribution is -2.61. The zero-order valence-electron chi connectivity index (χ0n) is 27.7. The van der Waals surface area contributed by atoms with Crippen LogP contribution >= 0.6 is 0 Å². The molecule has 256 valence electrons. The highest BCUT2D eigenvalue weighted by molar-refractivity contribution is 6.01. The Balaban J connectivity index is 0.000000533. The predicted molar refractivity (Wildman–Crippen MR) is 180 cm³/mol. The van der Waals surface area contributed by atoms with Gasteiger partial charge in [-0.25, -0.2) is 15.1 Å². The van der Waals surface area contributed by atoms with E-state index in [1.54, 1.807) is 60.9 Å². The molecule has 0 aliphatic heterocycles. The van der Waals surface area contributed by atoms with E-state index in [-0.39, 0.29) is 24.2 Å². The Bertz CT molecular complexity index is 1490. The first kappa shape index (κ1) is 37.4. The van der Waals surface area contributed by atoms with Crippen molar-refractivity contribution in [2.75, 3.05) is 19.5 Å². The van der Waals surface area contributed by atoms with Gasteiger partial charge in [0.1, 0.15) is 5.54 Å². The van der Waals surface area contributed by atoms with Crippen molar-refractivity contribution >= 4 is 35.3 Å². The first-order chi connectivity index (χ1) is 23.1. The molecule has 0 radical (unpaired) electrons. The van der Waals surface area contributed by atoms with Crippen LogP contribution in [0.5, 0.6) is 0 Å². The molecule has 0 bridgehead atoms. The molecule has 3 amide bonds. The number of carbonyl (C=O) groups is 5. The Morgan fingerprint density at radius 1 is 0.792 bits per heavy atom. The number of esters is 2. The summed E-state index contributed by atoms with van der Waals surface area (Å²) in [5.41, 5.74) is 2.85. The van der Waals surface area contributed by atoms with Crippen LogP contribution in [0.1, 0.15) is 78.1 Å². The van der Waals surface area contributed by atoms with Crippen LogP contribution in [0.25, 0.3) is 0 Å². The molecule has 3 aromatic rings. The molecule has 1 fully saturated rings. The molecular weight excluding hydrogens is 614 g/mol. The van der Waals surface area contributed by atoms with Gasteiger partial charge in [-0.1, -0.05) is 67.8 Å². The molecule has 1 aliphatic rings.